The molecule has 0 radical (unpaired) electrons. The van der Waals surface area contributed by atoms with Crippen molar-refractivity contribution < 1.29 is 0 Å². The van der Waals surface area contributed by atoms with Gasteiger partial charge in [-0.05, 0) is 23.8 Å². The third kappa shape index (κ3) is 2.53. The van der Waals surface area contributed by atoms with E-state index in [-0.39, 0.29) is 0 Å². The number of anilines is 1. The zero-order valence-electron chi connectivity index (χ0n) is 10.0. The van der Waals surface area contributed by atoms with Gasteiger partial charge in [0.2, 0.25) is 0 Å². The molecule has 1 aliphatic heterocycles. The van der Waals surface area contributed by atoms with Crippen molar-refractivity contribution in [2.75, 3.05) is 18.0 Å². The first-order chi connectivity index (χ1) is 8.83. The normalized spacial score (nSPS) is 15.3. The molecule has 94 valence electrons. The van der Waals surface area contributed by atoms with E-state index in [1.165, 1.54) is 16.1 Å². The first kappa shape index (κ1) is 12.0. The molecule has 1 N–H and O–H groups in total. The molecule has 1 aliphatic rings. The third-order valence-electron chi connectivity index (χ3n) is 3.18. The van der Waals surface area contributed by atoms with E-state index in [1.54, 1.807) is 11.3 Å². The number of fused-ring (bicyclic) bond motifs is 1. The predicted octanol–water partition coefficient (Wildman–Crippen LogP) is 3.51. The Hall–Kier alpha value is -1.03. The van der Waals surface area contributed by atoms with Crippen LogP contribution in [0.25, 0.3) is 0 Å². The summed E-state index contributed by atoms with van der Waals surface area (Å²) in [5.41, 5.74) is 2.71. The van der Waals surface area contributed by atoms with Crippen molar-refractivity contribution in [1.82, 2.24) is 5.32 Å². The van der Waals surface area contributed by atoms with E-state index in [0.717, 1.165) is 30.5 Å². The van der Waals surface area contributed by atoms with Gasteiger partial charge in [-0.3, -0.25) is 0 Å². The van der Waals surface area contributed by atoms with Gasteiger partial charge in [0.25, 0.3) is 0 Å². The van der Waals surface area contributed by atoms with E-state index in [1.807, 2.05) is 6.07 Å². The lowest BCUT2D eigenvalue weighted by Gasteiger charge is -2.23. The lowest BCUT2D eigenvalue weighted by Crippen LogP contribution is -2.27. The molecule has 1 aromatic carbocycles. The number of thiophene rings is 1. The Morgan fingerprint density at radius 3 is 2.94 bits per heavy atom. The maximum atomic E-state index is 6.00. The molecule has 0 saturated heterocycles. The minimum Gasteiger partial charge on any atom is -0.365 e. The molecule has 0 spiro atoms. The van der Waals surface area contributed by atoms with Gasteiger partial charge in [-0.25, -0.2) is 0 Å². The van der Waals surface area contributed by atoms with Gasteiger partial charge >= 0.3 is 0 Å². The monoisotopic (exact) mass is 278 g/mol. The quantitative estimate of drug-likeness (QED) is 0.904. The van der Waals surface area contributed by atoms with Gasteiger partial charge in [-0.15, -0.1) is 11.3 Å². The van der Waals surface area contributed by atoms with E-state index in [4.69, 9.17) is 11.6 Å². The summed E-state index contributed by atoms with van der Waals surface area (Å²) in [5.74, 6) is 0. The number of benzene rings is 1. The second-order valence-electron chi connectivity index (χ2n) is 4.43. The summed E-state index contributed by atoms with van der Waals surface area (Å²) in [7, 11) is 0. The van der Waals surface area contributed by atoms with Crippen molar-refractivity contribution >= 4 is 28.6 Å². The standard InChI is InChI=1S/C14H15ClN2S/c15-14-6-5-12(18-14)10-17-8-7-16-9-11-3-1-2-4-13(11)17/h1-6,16H,7-10H2. The Morgan fingerprint density at radius 2 is 2.11 bits per heavy atom. The van der Waals surface area contributed by atoms with Gasteiger partial charge in [-0.2, -0.15) is 0 Å². The number of hydrogen-bond acceptors (Lipinski definition) is 3. The average Bonchev–Trinajstić information content (AvgIpc) is 2.68. The molecule has 1 aromatic heterocycles. The van der Waals surface area contributed by atoms with E-state index in [9.17, 15) is 0 Å². The first-order valence-corrected chi connectivity index (χ1v) is 7.30. The summed E-state index contributed by atoms with van der Waals surface area (Å²) in [4.78, 5) is 3.74. The number of nitrogens with one attached hydrogen (secondary N) is 1. The Labute approximate surface area is 116 Å². The summed E-state index contributed by atoms with van der Waals surface area (Å²) < 4.78 is 0.867. The van der Waals surface area contributed by atoms with Gasteiger partial charge in [0.05, 0.1) is 10.9 Å². The highest BCUT2D eigenvalue weighted by atomic mass is 35.5. The van der Waals surface area contributed by atoms with Crippen LogP contribution in [-0.4, -0.2) is 13.1 Å². The summed E-state index contributed by atoms with van der Waals surface area (Å²) in [6, 6.07) is 12.7. The van der Waals surface area contributed by atoms with E-state index in [0.29, 0.717) is 0 Å². The molecule has 3 rings (SSSR count). The predicted molar refractivity (Wildman–Crippen MR) is 78.5 cm³/mol. The van der Waals surface area contributed by atoms with Crippen LogP contribution in [0, 0.1) is 0 Å². The van der Waals surface area contributed by atoms with Crippen molar-refractivity contribution in [2.24, 2.45) is 0 Å². The molecule has 2 aromatic rings. The van der Waals surface area contributed by atoms with E-state index >= 15 is 0 Å². The Bertz CT molecular complexity index is 538. The van der Waals surface area contributed by atoms with Crippen molar-refractivity contribution in [3.05, 3.63) is 51.2 Å². The third-order valence-corrected chi connectivity index (χ3v) is 4.40. The van der Waals surface area contributed by atoms with Crippen LogP contribution < -0.4 is 10.2 Å². The van der Waals surface area contributed by atoms with Gasteiger partial charge in [0, 0.05) is 30.2 Å². The minimum atomic E-state index is 0.867. The van der Waals surface area contributed by atoms with Crippen LogP contribution in [0.5, 0.6) is 0 Å². The molecule has 0 bridgehead atoms. The van der Waals surface area contributed by atoms with Crippen LogP contribution >= 0.6 is 22.9 Å². The van der Waals surface area contributed by atoms with Crippen LogP contribution in [0.4, 0.5) is 5.69 Å². The van der Waals surface area contributed by atoms with E-state index < -0.39 is 0 Å². The topological polar surface area (TPSA) is 15.3 Å². The molecule has 2 heterocycles. The molecule has 0 fully saturated rings. The molecule has 0 unspecified atom stereocenters. The second-order valence-corrected chi connectivity index (χ2v) is 6.23. The smallest absolute Gasteiger partial charge is 0.0931 e. The molecular formula is C14H15ClN2S. The van der Waals surface area contributed by atoms with Crippen LogP contribution in [0.15, 0.2) is 36.4 Å². The number of nitrogens with zero attached hydrogens (tertiary/aromatic N) is 1. The Kier molecular flexibility index (Phi) is 3.55. The maximum Gasteiger partial charge on any atom is 0.0931 e. The van der Waals surface area contributed by atoms with Crippen molar-refractivity contribution in [2.45, 2.75) is 13.1 Å². The highest BCUT2D eigenvalue weighted by Crippen LogP contribution is 2.27. The first-order valence-electron chi connectivity index (χ1n) is 6.11. The molecule has 4 heteroatoms. The fourth-order valence-electron chi connectivity index (χ4n) is 2.32. The fourth-order valence-corrected chi connectivity index (χ4v) is 3.42. The Morgan fingerprint density at radius 1 is 1.22 bits per heavy atom. The second kappa shape index (κ2) is 5.31. The number of rotatable bonds is 2. The summed E-state index contributed by atoms with van der Waals surface area (Å²) in [5, 5.41) is 3.46. The molecular weight excluding hydrogens is 264 g/mol. The van der Waals surface area contributed by atoms with Gasteiger partial charge in [-0.1, -0.05) is 29.8 Å². The lowest BCUT2D eigenvalue weighted by molar-refractivity contribution is 0.690. The number of hydrogen-bond donors (Lipinski definition) is 1. The Balaban J connectivity index is 1.87. The molecule has 0 saturated carbocycles. The highest BCUT2D eigenvalue weighted by molar-refractivity contribution is 7.16. The molecule has 0 atom stereocenters. The van der Waals surface area contributed by atoms with Crippen molar-refractivity contribution in [1.29, 1.82) is 0 Å². The van der Waals surface area contributed by atoms with Gasteiger partial charge < -0.3 is 10.2 Å². The maximum absolute atomic E-state index is 6.00. The van der Waals surface area contributed by atoms with Crippen LogP contribution in [0.3, 0.4) is 0 Å². The van der Waals surface area contributed by atoms with Crippen molar-refractivity contribution in [3.8, 4) is 0 Å². The number of halogens is 1. The van der Waals surface area contributed by atoms with Crippen LogP contribution in [0.2, 0.25) is 4.34 Å². The molecule has 0 aliphatic carbocycles. The summed E-state index contributed by atoms with van der Waals surface area (Å²) in [6.07, 6.45) is 0. The number of para-hydroxylation sites is 1. The molecule has 0 amide bonds. The highest BCUT2D eigenvalue weighted by Gasteiger charge is 2.15. The molecule has 2 nitrogen and oxygen atoms in total. The SMILES string of the molecule is Clc1ccc(CN2CCNCc3ccccc32)s1. The van der Waals surface area contributed by atoms with Crippen LogP contribution in [-0.2, 0) is 13.1 Å². The zero-order chi connectivity index (χ0) is 12.4. The summed E-state index contributed by atoms with van der Waals surface area (Å²) >= 11 is 7.66. The van der Waals surface area contributed by atoms with Gasteiger partial charge in [0.15, 0.2) is 0 Å². The van der Waals surface area contributed by atoms with Crippen molar-refractivity contribution in [3.63, 3.8) is 0 Å². The average molecular weight is 279 g/mol. The minimum absolute atomic E-state index is 0.867. The van der Waals surface area contributed by atoms with E-state index in [2.05, 4.69) is 40.5 Å². The zero-order valence-corrected chi connectivity index (χ0v) is 11.6. The molecule has 18 heavy (non-hydrogen) atoms. The van der Waals surface area contributed by atoms with Gasteiger partial charge in [0.1, 0.15) is 0 Å². The fraction of sp³-hybridized carbons (Fsp3) is 0.286. The van der Waals surface area contributed by atoms with Crippen LogP contribution in [0.1, 0.15) is 10.4 Å². The summed E-state index contributed by atoms with van der Waals surface area (Å²) in [6.45, 7) is 3.95. The largest absolute Gasteiger partial charge is 0.365 e. The lowest BCUT2D eigenvalue weighted by atomic mass is 10.1.